The van der Waals surface area contributed by atoms with Crippen molar-refractivity contribution in [2.24, 2.45) is 5.41 Å². The van der Waals surface area contributed by atoms with E-state index in [1.54, 1.807) is 13.1 Å². The quantitative estimate of drug-likeness (QED) is 0.785. The standard InChI is InChI=1S/C23H27FN2O2/c1-25-21(27)15-17-8-10-20(11-9-17)26-22(28)23(12-3-2-4-13-23)16-18-6-5-7-19(24)14-18/h5-11,14H,2-4,12-13,15-16H2,1H3,(H,25,27)(H,26,28). The Morgan fingerprint density at radius 1 is 1.00 bits per heavy atom. The first-order valence-corrected chi connectivity index (χ1v) is 9.86. The number of carbonyl (C=O) groups is 2. The number of nitrogens with one attached hydrogen (secondary N) is 2. The third-order valence-electron chi connectivity index (χ3n) is 5.58. The van der Waals surface area contributed by atoms with E-state index in [4.69, 9.17) is 0 Å². The summed E-state index contributed by atoms with van der Waals surface area (Å²) in [5, 5.41) is 5.65. The van der Waals surface area contributed by atoms with Gasteiger partial charge in [-0.1, -0.05) is 43.5 Å². The summed E-state index contributed by atoms with van der Waals surface area (Å²) in [6.45, 7) is 0. The topological polar surface area (TPSA) is 58.2 Å². The Balaban J connectivity index is 1.73. The van der Waals surface area contributed by atoms with Crippen LogP contribution < -0.4 is 10.6 Å². The Bertz CT molecular complexity index is 827. The number of likely N-dealkylation sites (N-methyl/N-ethyl adjacent to an activating group) is 1. The summed E-state index contributed by atoms with van der Waals surface area (Å²) in [4.78, 5) is 24.7. The number of hydrogen-bond acceptors (Lipinski definition) is 2. The molecule has 2 N–H and O–H groups in total. The molecule has 0 aromatic heterocycles. The Morgan fingerprint density at radius 3 is 2.36 bits per heavy atom. The number of halogens is 1. The minimum absolute atomic E-state index is 0.00416. The fraction of sp³-hybridized carbons (Fsp3) is 0.391. The van der Waals surface area contributed by atoms with Gasteiger partial charge in [0.15, 0.2) is 0 Å². The lowest BCUT2D eigenvalue weighted by Gasteiger charge is -2.36. The highest BCUT2D eigenvalue weighted by Crippen LogP contribution is 2.40. The fourth-order valence-corrected chi connectivity index (χ4v) is 3.99. The molecule has 3 rings (SSSR count). The van der Waals surface area contributed by atoms with Gasteiger partial charge in [0.25, 0.3) is 0 Å². The van der Waals surface area contributed by atoms with Crippen LogP contribution in [0.15, 0.2) is 48.5 Å². The van der Waals surface area contributed by atoms with Crippen LogP contribution in [0.3, 0.4) is 0 Å². The van der Waals surface area contributed by atoms with Crippen LogP contribution in [0.1, 0.15) is 43.2 Å². The van der Waals surface area contributed by atoms with Crippen molar-refractivity contribution < 1.29 is 14.0 Å². The van der Waals surface area contributed by atoms with Crippen LogP contribution in [0.2, 0.25) is 0 Å². The van der Waals surface area contributed by atoms with Gasteiger partial charge in [-0.05, 0) is 54.7 Å². The van der Waals surface area contributed by atoms with Crippen LogP contribution in [-0.4, -0.2) is 18.9 Å². The molecule has 1 fully saturated rings. The maximum Gasteiger partial charge on any atom is 0.230 e. The van der Waals surface area contributed by atoms with E-state index in [0.717, 1.165) is 48.9 Å². The molecule has 1 saturated carbocycles. The first kappa shape index (κ1) is 20.1. The molecule has 0 bridgehead atoms. The largest absolute Gasteiger partial charge is 0.359 e. The van der Waals surface area contributed by atoms with E-state index < -0.39 is 5.41 Å². The number of hydrogen-bond donors (Lipinski definition) is 2. The molecular formula is C23H27FN2O2. The first-order chi connectivity index (χ1) is 13.5. The Hall–Kier alpha value is -2.69. The van der Waals surface area contributed by atoms with Crippen molar-refractivity contribution in [3.63, 3.8) is 0 Å². The zero-order chi connectivity index (χ0) is 20.0. The van der Waals surface area contributed by atoms with Crippen LogP contribution >= 0.6 is 0 Å². The predicted octanol–water partition coefficient (Wildman–Crippen LogP) is 4.25. The monoisotopic (exact) mass is 382 g/mol. The zero-order valence-corrected chi connectivity index (χ0v) is 16.3. The average molecular weight is 382 g/mol. The fourth-order valence-electron chi connectivity index (χ4n) is 3.99. The molecule has 1 aliphatic rings. The highest BCUT2D eigenvalue weighted by atomic mass is 19.1. The molecule has 1 aliphatic carbocycles. The lowest BCUT2D eigenvalue weighted by Crippen LogP contribution is -2.40. The highest BCUT2D eigenvalue weighted by molar-refractivity contribution is 5.95. The lowest BCUT2D eigenvalue weighted by atomic mass is 9.69. The number of benzene rings is 2. The molecule has 28 heavy (non-hydrogen) atoms. The highest BCUT2D eigenvalue weighted by Gasteiger charge is 2.39. The van der Waals surface area contributed by atoms with Crippen molar-refractivity contribution in [2.75, 3.05) is 12.4 Å². The van der Waals surface area contributed by atoms with Crippen molar-refractivity contribution in [2.45, 2.75) is 44.9 Å². The van der Waals surface area contributed by atoms with Crippen LogP contribution in [-0.2, 0) is 22.4 Å². The second-order valence-corrected chi connectivity index (χ2v) is 7.65. The lowest BCUT2D eigenvalue weighted by molar-refractivity contribution is -0.127. The van der Waals surface area contributed by atoms with Gasteiger partial charge in [-0.3, -0.25) is 9.59 Å². The predicted molar refractivity (Wildman–Crippen MR) is 108 cm³/mol. The molecule has 148 valence electrons. The number of carbonyl (C=O) groups excluding carboxylic acids is 2. The van der Waals surface area contributed by atoms with Crippen molar-refractivity contribution in [1.82, 2.24) is 5.32 Å². The van der Waals surface area contributed by atoms with Gasteiger partial charge in [0.1, 0.15) is 5.82 Å². The average Bonchev–Trinajstić information content (AvgIpc) is 2.70. The second-order valence-electron chi connectivity index (χ2n) is 7.65. The maximum atomic E-state index is 13.6. The van der Waals surface area contributed by atoms with Gasteiger partial charge in [0.05, 0.1) is 11.8 Å². The molecule has 0 saturated heterocycles. The van der Waals surface area contributed by atoms with Gasteiger partial charge in [0, 0.05) is 12.7 Å². The van der Waals surface area contributed by atoms with Crippen molar-refractivity contribution in [3.05, 3.63) is 65.5 Å². The molecule has 2 aromatic rings. The van der Waals surface area contributed by atoms with Crippen molar-refractivity contribution in [1.29, 1.82) is 0 Å². The van der Waals surface area contributed by atoms with Gasteiger partial charge in [-0.25, -0.2) is 4.39 Å². The minimum atomic E-state index is -0.507. The summed E-state index contributed by atoms with van der Waals surface area (Å²) < 4.78 is 13.6. The van der Waals surface area contributed by atoms with Crippen LogP contribution in [0, 0.1) is 11.2 Å². The Labute approximate surface area is 165 Å². The molecule has 0 unspecified atom stereocenters. The second kappa shape index (κ2) is 9.00. The molecular weight excluding hydrogens is 355 g/mol. The number of amides is 2. The van der Waals surface area contributed by atoms with E-state index in [-0.39, 0.29) is 17.6 Å². The molecule has 2 amide bonds. The van der Waals surface area contributed by atoms with E-state index in [9.17, 15) is 14.0 Å². The summed E-state index contributed by atoms with van der Waals surface area (Å²) in [5.74, 6) is -0.320. The Kier molecular flexibility index (Phi) is 6.45. The summed E-state index contributed by atoms with van der Waals surface area (Å²) in [6, 6.07) is 13.9. The van der Waals surface area contributed by atoms with Gasteiger partial charge in [-0.2, -0.15) is 0 Å². The van der Waals surface area contributed by atoms with Gasteiger partial charge in [0.2, 0.25) is 11.8 Å². The normalized spacial score (nSPS) is 15.6. The van der Waals surface area contributed by atoms with Crippen LogP contribution in [0.4, 0.5) is 10.1 Å². The third kappa shape index (κ3) is 4.97. The smallest absolute Gasteiger partial charge is 0.230 e. The number of anilines is 1. The number of rotatable bonds is 6. The summed E-state index contributed by atoms with van der Waals surface area (Å²) in [6.07, 6.45) is 5.63. The van der Waals surface area contributed by atoms with Crippen LogP contribution in [0.5, 0.6) is 0 Å². The molecule has 2 aromatic carbocycles. The molecule has 0 aliphatic heterocycles. The molecule has 0 heterocycles. The van der Waals surface area contributed by atoms with E-state index in [2.05, 4.69) is 10.6 Å². The molecule has 0 radical (unpaired) electrons. The summed E-state index contributed by atoms with van der Waals surface area (Å²) in [7, 11) is 1.61. The van der Waals surface area contributed by atoms with Gasteiger partial charge in [-0.15, -0.1) is 0 Å². The molecule has 0 spiro atoms. The van der Waals surface area contributed by atoms with Crippen molar-refractivity contribution >= 4 is 17.5 Å². The third-order valence-corrected chi connectivity index (χ3v) is 5.58. The molecule has 4 nitrogen and oxygen atoms in total. The zero-order valence-electron chi connectivity index (χ0n) is 16.3. The SMILES string of the molecule is CNC(=O)Cc1ccc(NC(=O)C2(Cc3cccc(F)c3)CCCCC2)cc1. The van der Waals surface area contributed by atoms with Gasteiger partial charge < -0.3 is 10.6 Å². The van der Waals surface area contributed by atoms with E-state index in [1.807, 2.05) is 30.3 Å². The molecule has 5 heteroatoms. The van der Waals surface area contributed by atoms with Crippen LogP contribution in [0.25, 0.3) is 0 Å². The van der Waals surface area contributed by atoms with E-state index in [1.165, 1.54) is 12.1 Å². The maximum absolute atomic E-state index is 13.6. The Morgan fingerprint density at radius 2 is 1.71 bits per heavy atom. The van der Waals surface area contributed by atoms with E-state index in [0.29, 0.717) is 12.8 Å². The summed E-state index contributed by atoms with van der Waals surface area (Å²) in [5.41, 5.74) is 1.96. The summed E-state index contributed by atoms with van der Waals surface area (Å²) >= 11 is 0. The van der Waals surface area contributed by atoms with E-state index >= 15 is 0 Å². The van der Waals surface area contributed by atoms with Gasteiger partial charge >= 0.3 is 0 Å². The minimum Gasteiger partial charge on any atom is -0.359 e. The van der Waals surface area contributed by atoms with Crippen molar-refractivity contribution in [3.8, 4) is 0 Å². The molecule has 0 atom stereocenters. The first-order valence-electron chi connectivity index (χ1n) is 9.86.